The number of hydrogen-bond acceptors (Lipinski definition) is 11. The van der Waals surface area contributed by atoms with Gasteiger partial charge in [0.2, 0.25) is 5.91 Å². The van der Waals surface area contributed by atoms with Gasteiger partial charge in [-0.1, -0.05) is 246 Å². The lowest BCUT2D eigenvalue weighted by Crippen LogP contribution is -2.64. The maximum atomic E-state index is 14.2. The summed E-state index contributed by atoms with van der Waals surface area (Å²) in [6, 6.07) is 34.3. The third-order valence-corrected chi connectivity index (χ3v) is 15.1. The van der Waals surface area contributed by atoms with Crippen molar-refractivity contribution in [2.24, 2.45) is 0 Å². The maximum Gasteiger partial charge on any atom is 0.338 e. The van der Waals surface area contributed by atoms with Crippen LogP contribution in [0.4, 0.5) is 0 Å². The molecule has 4 aromatic rings. The van der Waals surface area contributed by atoms with Gasteiger partial charge < -0.3 is 38.5 Å². The zero-order valence-electron chi connectivity index (χ0n) is 48.1. The molecular formula is C68H93NO11. The molecule has 12 heteroatoms. The van der Waals surface area contributed by atoms with E-state index >= 15 is 0 Å². The molecule has 436 valence electrons. The molecule has 6 rings (SSSR count). The second-order valence-corrected chi connectivity index (χ2v) is 21.7. The van der Waals surface area contributed by atoms with Crippen LogP contribution in [-0.2, 0) is 38.0 Å². The second-order valence-electron chi connectivity index (χ2n) is 21.7. The predicted molar refractivity (Wildman–Crippen MR) is 314 cm³/mol. The minimum atomic E-state index is -1.39. The second kappa shape index (κ2) is 38.1. The van der Waals surface area contributed by atoms with E-state index in [4.69, 9.17) is 33.2 Å². The van der Waals surface area contributed by atoms with Crippen LogP contribution in [0.15, 0.2) is 133 Å². The lowest BCUT2D eigenvalue weighted by atomic mass is 9.96. The number of amides is 1. The van der Waals surface area contributed by atoms with Crippen LogP contribution in [0.1, 0.15) is 224 Å². The number of rotatable bonds is 39. The first-order valence-corrected chi connectivity index (χ1v) is 30.7. The molecule has 8 atom stereocenters. The molecule has 0 aromatic heterocycles. The van der Waals surface area contributed by atoms with Gasteiger partial charge in [0.1, 0.15) is 18.3 Å². The normalized spacial score (nSPS) is 19.6. The van der Waals surface area contributed by atoms with E-state index in [0.717, 1.165) is 50.5 Å². The van der Waals surface area contributed by atoms with Crippen LogP contribution < -0.4 is 5.32 Å². The summed E-state index contributed by atoms with van der Waals surface area (Å²) >= 11 is 0. The predicted octanol–water partition coefficient (Wildman–Crippen LogP) is 15.7. The molecule has 0 aliphatic carbocycles. The number of fused-ring (bicyclic) bond motifs is 1. The monoisotopic (exact) mass is 1100 g/mol. The molecule has 1 N–H and O–H groups in total. The molecule has 2 fully saturated rings. The lowest BCUT2D eigenvalue weighted by molar-refractivity contribution is -0.360. The van der Waals surface area contributed by atoms with E-state index in [1.807, 2.05) is 48.6 Å². The summed E-state index contributed by atoms with van der Waals surface area (Å²) in [6.07, 6.45) is 26.1. The Morgan fingerprint density at radius 2 is 0.963 bits per heavy atom. The fourth-order valence-corrected chi connectivity index (χ4v) is 10.4. The van der Waals surface area contributed by atoms with Crippen molar-refractivity contribution in [3.05, 3.63) is 156 Å². The van der Waals surface area contributed by atoms with Gasteiger partial charge in [-0.25, -0.2) is 14.4 Å². The highest BCUT2D eigenvalue weighted by Gasteiger charge is 2.54. The average molecular weight is 1100 g/mol. The fourth-order valence-electron chi connectivity index (χ4n) is 10.4. The van der Waals surface area contributed by atoms with E-state index in [9.17, 15) is 19.2 Å². The highest BCUT2D eigenvalue weighted by molar-refractivity contribution is 5.91. The Balaban J connectivity index is 1.22. The van der Waals surface area contributed by atoms with Gasteiger partial charge in [-0.2, -0.15) is 0 Å². The molecule has 0 bridgehead atoms. The van der Waals surface area contributed by atoms with Gasteiger partial charge >= 0.3 is 17.9 Å². The number of carbonyl (C=O) groups excluding carboxylic acids is 4. The molecule has 2 aliphatic heterocycles. The Labute approximate surface area is 478 Å². The van der Waals surface area contributed by atoms with Crippen molar-refractivity contribution in [1.29, 1.82) is 0 Å². The van der Waals surface area contributed by atoms with E-state index in [1.165, 1.54) is 109 Å². The molecule has 2 saturated heterocycles. The van der Waals surface area contributed by atoms with E-state index in [0.29, 0.717) is 12.0 Å². The summed E-state index contributed by atoms with van der Waals surface area (Å²) in [7, 11) is 0. The third-order valence-electron chi connectivity index (χ3n) is 15.1. The minimum Gasteiger partial charge on any atom is -0.452 e. The Hall–Kier alpha value is -5.66. The van der Waals surface area contributed by atoms with E-state index in [2.05, 4.69) is 19.2 Å². The van der Waals surface area contributed by atoms with Gasteiger partial charge in [-0.3, -0.25) is 4.79 Å². The maximum absolute atomic E-state index is 14.2. The van der Waals surface area contributed by atoms with Crippen molar-refractivity contribution in [1.82, 2.24) is 5.32 Å². The Morgan fingerprint density at radius 1 is 0.525 bits per heavy atom. The fraction of sp³-hybridized carbons (Fsp3) is 0.559. The van der Waals surface area contributed by atoms with Crippen LogP contribution in [0.2, 0.25) is 0 Å². The SMILES string of the molecule is CCCCCCCCCCCCC/C=C/[C@@H](OC(=O)c1ccccc1)[C@H](CO[C@@H]1O[C@@H]2COC(c3ccccc3)O[C@H]2[C@H](OC(=O)c2ccccc2)[C@H]1OC(=O)c1ccccc1)NC(=O)CCCCCCCCCCCCCCC. The van der Waals surface area contributed by atoms with Crippen molar-refractivity contribution in [3.63, 3.8) is 0 Å². The van der Waals surface area contributed by atoms with Gasteiger partial charge in [0.15, 0.2) is 24.8 Å². The van der Waals surface area contributed by atoms with E-state index in [-0.39, 0.29) is 36.7 Å². The first kappa shape index (κ1) is 63.5. The largest absolute Gasteiger partial charge is 0.452 e. The number of allylic oxidation sites excluding steroid dienone is 1. The van der Waals surface area contributed by atoms with Gasteiger partial charge in [-0.05, 0) is 61.7 Å². The molecule has 0 saturated carbocycles. The van der Waals surface area contributed by atoms with Crippen LogP contribution in [0.25, 0.3) is 0 Å². The van der Waals surface area contributed by atoms with Crippen molar-refractivity contribution >= 4 is 23.8 Å². The van der Waals surface area contributed by atoms with Crippen molar-refractivity contribution in [2.75, 3.05) is 13.2 Å². The number of ether oxygens (including phenoxy) is 7. The molecule has 4 aromatic carbocycles. The van der Waals surface area contributed by atoms with Gasteiger partial charge in [0.25, 0.3) is 0 Å². The summed E-state index contributed by atoms with van der Waals surface area (Å²) in [6.45, 7) is 4.26. The van der Waals surface area contributed by atoms with Crippen molar-refractivity contribution < 1.29 is 52.3 Å². The summed E-state index contributed by atoms with van der Waals surface area (Å²) in [5.74, 6) is -2.15. The average Bonchev–Trinajstić information content (AvgIpc) is 3.54. The van der Waals surface area contributed by atoms with Crippen molar-refractivity contribution in [3.8, 4) is 0 Å². The zero-order valence-corrected chi connectivity index (χ0v) is 48.1. The first-order valence-electron chi connectivity index (χ1n) is 30.7. The van der Waals surface area contributed by atoms with Crippen LogP contribution in [-0.4, -0.2) is 79.9 Å². The molecule has 1 unspecified atom stereocenters. The summed E-state index contributed by atoms with van der Waals surface area (Å²) < 4.78 is 45.3. The Bertz CT molecular complexity index is 2330. The highest BCUT2D eigenvalue weighted by Crippen LogP contribution is 2.38. The molecular weight excluding hydrogens is 1010 g/mol. The summed E-state index contributed by atoms with van der Waals surface area (Å²) in [4.78, 5) is 56.4. The number of unbranched alkanes of at least 4 members (excludes halogenated alkanes) is 23. The topological polar surface area (TPSA) is 145 Å². The van der Waals surface area contributed by atoms with Gasteiger partial charge in [0, 0.05) is 12.0 Å². The number of benzene rings is 4. The van der Waals surface area contributed by atoms with Crippen LogP contribution in [0, 0.1) is 0 Å². The molecule has 2 aliphatic rings. The smallest absolute Gasteiger partial charge is 0.338 e. The molecule has 0 spiro atoms. The standard InChI is InChI=1S/C68H93NO11/c1-3-5-7-9-11-13-15-17-19-21-23-25-39-49-58(76-64(71)53-41-31-27-32-42-53)57(69-60(70)50-40-26-24-22-20-18-16-14-12-10-8-6-4-2)51-74-68-63(79-66(73)55-45-35-29-36-46-55)62(78-65(72)54-43-33-28-34-44-54)61-59(77-68)52-75-67(80-61)56-47-37-30-38-48-56/h27-39,41-49,57-59,61-63,67-68H,3-26,40,50-52H2,1-2H3,(H,69,70)/b49-39+/t57-,58+,59+,61+,62-,63+,67?,68+/m0/s1. The van der Waals surface area contributed by atoms with Crippen LogP contribution in [0.3, 0.4) is 0 Å². The van der Waals surface area contributed by atoms with Gasteiger partial charge in [0.05, 0.1) is 35.9 Å². The molecule has 1 amide bonds. The number of carbonyl (C=O) groups is 4. The number of nitrogens with one attached hydrogen (secondary N) is 1. The summed E-state index contributed by atoms with van der Waals surface area (Å²) in [5.41, 5.74) is 1.63. The molecule has 80 heavy (non-hydrogen) atoms. The number of hydrogen-bond donors (Lipinski definition) is 1. The van der Waals surface area contributed by atoms with E-state index in [1.54, 1.807) is 84.9 Å². The Morgan fingerprint density at radius 3 is 1.46 bits per heavy atom. The van der Waals surface area contributed by atoms with Crippen LogP contribution >= 0.6 is 0 Å². The molecule has 0 radical (unpaired) electrons. The van der Waals surface area contributed by atoms with E-state index < -0.39 is 67.0 Å². The highest BCUT2D eigenvalue weighted by atomic mass is 16.8. The van der Waals surface area contributed by atoms with Gasteiger partial charge in [-0.15, -0.1) is 0 Å². The zero-order chi connectivity index (χ0) is 56.2. The quantitative estimate of drug-likeness (QED) is 0.0197. The molecule has 12 nitrogen and oxygen atoms in total. The lowest BCUT2D eigenvalue weighted by Gasteiger charge is -2.48. The van der Waals surface area contributed by atoms with Crippen LogP contribution in [0.5, 0.6) is 0 Å². The Kier molecular flexibility index (Phi) is 30.3. The first-order chi connectivity index (χ1) is 39.3. The number of esters is 3. The van der Waals surface area contributed by atoms with Crippen molar-refractivity contribution in [2.45, 2.75) is 230 Å². The molecule has 2 heterocycles. The summed E-state index contributed by atoms with van der Waals surface area (Å²) in [5, 5.41) is 3.19. The third kappa shape index (κ3) is 23.1. The minimum absolute atomic E-state index is 0.0151.